The molecule has 0 atom stereocenters. The van der Waals surface area contributed by atoms with Crippen molar-refractivity contribution in [2.24, 2.45) is 5.92 Å². The third-order valence-electron chi connectivity index (χ3n) is 3.30. The molecule has 0 aromatic rings. The minimum atomic E-state index is 0.0400. The molecule has 0 aromatic heterocycles. The first-order chi connectivity index (χ1) is 8.74. The summed E-state index contributed by atoms with van der Waals surface area (Å²) >= 11 is 0. The first kappa shape index (κ1) is 15.4. The summed E-state index contributed by atoms with van der Waals surface area (Å²) in [5, 5.41) is 0. The Morgan fingerprint density at radius 1 is 1.33 bits per heavy atom. The van der Waals surface area contributed by atoms with Gasteiger partial charge in [0.1, 0.15) is 6.61 Å². The number of amides is 1. The van der Waals surface area contributed by atoms with Crippen LogP contribution in [0.15, 0.2) is 0 Å². The number of carbonyl (C=O) groups excluding carboxylic acids is 1. The van der Waals surface area contributed by atoms with Crippen molar-refractivity contribution in [2.75, 3.05) is 53.7 Å². The van der Waals surface area contributed by atoms with E-state index in [9.17, 15) is 4.79 Å². The van der Waals surface area contributed by atoms with E-state index in [-0.39, 0.29) is 12.5 Å². The Morgan fingerprint density at radius 3 is 2.72 bits per heavy atom. The van der Waals surface area contributed by atoms with Crippen LogP contribution in [0.3, 0.4) is 0 Å². The third kappa shape index (κ3) is 6.33. The zero-order chi connectivity index (χ0) is 13.2. The molecule has 1 heterocycles. The Morgan fingerprint density at radius 2 is 2.06 bits per heavy atom. The Kier molecular flexibility index (Phi) is 7.96. The fourth-order valence-corrected chi connectivity index (χ4v) is 1.95. The quantitative estimate of drug-likeness (QED) is 0.608. The summed E-state index contributed by atoms with van der Waals surface area (Å²) in [4.78, 5) is 13.5. The molecule has 0 aliphatic carbocycles. The summed E-state index contributed by atoms with van der Waals surface area (Å²) in [5.41, 5.74) is 0. The third-order valence-corrected chi connectivity index (χ3v) is 3.30. The van der Waals surface area contributed by atoms with Crippen molar-refractivity contribution in [3.8, 4) is 0 Å². The molecular formula is C13H25NO4. The lowest BCUT2D eigenvalue weighted by atomic mass is 9.96. The van der Waals surface area contributed by atoms with E-state index in [1.807, 2.05) is 7.05 Å². The lowest BCUT2D eigenvalue weighted by Crippen LogP contribution is -2.33. The fourth-order valence-electron chi connectivity index (χ4n) is 1.95. The van der Waals surface area contributed by atoms with Crippen molar-refractivity contribution >= 4 is 5.91 Å². The smallest absolute Gasteiger partial charge is 0.248 e. The van der Waals surface area contributed by atoms with Crippen LogP contribution >= 0.6 is 0 Å². The summed E-state index contributed by atoms with van der Waals surface area (Å²) in [6.07, 6.45) is 3.29. The van der Waals surface area contributed by atoms with Crippen LogP contribution in [-0.2, 0) is 19.0 Å². The molecule has 1 saturated heterocycles. The Bertz CT molecular complexity index is 229. The minimum absolute atomic E-state index is 0.0400. The largest absolute Gasteiger partial charge is 0.382 e. The van der Waals surface area contributed by atoms with E-state index in [0.29, 0.717) is 19.1 Å². The molecule has 106 valence electrons. The Labute approximate surface area is 109 Å². The van der Waals surface area contributed by atoms with E-state index >= 15 is 0 Å². The highest BCUT2D eigenvalue weighted by atomic mass is 16.5. The molecule has 0 bridgehead atoms. The average Bonchev–Trinajstić information content (AvgIpc) is 2.42. The summed E-state index contributed by atoms with van der Waals surface area (Å²) in [6.45, 7) is 3.67. The van der Waals surface area contributed by atoms with Gasteiger partial charge >= 0.3 is 0 Å². The van der Waals surface area contributed by atoms with Gasteiger partial charge in [0.15, 0.2) is 0 Å². The molecule has 0 spiro atoms. The number of rotatable bonds is 8. The molecule has 1 amide bonds. The highest BCUT2D eigenvalue weighted by Gasteiger charge is 2.16. The predicted molar refractivity (Wildman–Crippen MR) is 68.5 cm³/mol. The van der Waals surface area contributed by atoms with E-state index < -0.39 is 0 Å². The monoisotopic (exact) mass is 259 g/mol. The van der Waals surface area contributed by atoms with Crippen LogP contribution in [-0.4, -0.2) is 64.5 Å². The predicted octanol–water partition coefficient (Wildman–Crippen LogP) is 0.925. The Balaban J connectivity index is 2.07. The van der Waals surface area contributed by atoms with Crippen molar-refractivity contribution in [1.29, 1.82) is 0 Å². The summed E-state index contributed by atoms with van der Waals surface area (Å²) in [7, 11) is 3.45. The number of methoxy groups -OCH3 is 1. The standard InChI is InChI=1S/C13H25NO4/c1-14(13(15)11-18-10-9-16-2)6-3-12-4-7-17-8-5-12/h12H,3-11H2,1-2H3. The number of hydrogen-bond donors (Lipinski definition) is 0. The van der Waals surface area contributed by atoms with Crippen LogP contribution in [0.1, 0.15) is 19.3 Å². The first-order valence-corrected chi connectivity index (χ1v) is 6.62. The van der Waals surface area contributed by atoms with Crippen LogP contribution in [0, 0.1) is 5.92 Å². The zero-order valence-corrected chi connectivity index (χ0v) is 11.5. The zero-order valence-electron chi connectivity index (χ0n) is 11.5. The molecule has 0 N–H and O–H groups in total. The van der Waals surface area contributed by atoms with Gasteiger partial charge in [-0.05, 0) is 25.2 Å². The van der Waals surface area contributed by atoms with Gasteiger partial charge in [0.05, 0.1) is 13.2 Å². The molecule has 18 heavy (non-hydrogen) atoms. The molecule has 1 aliphatic heterocycles. The highest BCUT2D eigenvalue weighted by Crippen LogP contribution is 2.18. The van der Waals surface area contributed by atoms with E-state index in [4.69, 9.17) is 14.2 Å². The average molecular weight is 259 g/mol. The normalized spacial score (nSPS) is 16.8. The van der Waals surface area contributed by atoms with Gasteiger partial charge in [-0.3, -0.25) is 4.79 Å². The fraction of sp³-hybridized carbons (Fsp3) is 0.923. The lowest BCUT2D eigenvalue weighted by molar-refractivity contribution is -0.135. The van der Waals surface area contributed by atoms with E-state index in [2.05, 4.69) is 0 Å². The number of carbonyl (C=O) groups is 1. The molecule has 0 unspecified atom stereocenters. The SMILES string of the molecule is COCCOCC(=O)N(C)CCC1CCOCC1. The number of nitrogens with zero attached hydrogens (tertiary/aromatic N) is 1. The van der Waals surface area contributed by atoms with Crippen LogP contribution in [0.2, 0.25) is 0 Å². The lowest BCUT2D eigenvalue weighted by Gasteiger charge is -2.24. The maximum Gasteiger partial charge on any atom is 0.248 e. The summed E-state index contributed by atoms with van der Waals surface area (Å²) in [5.74, 6) is 0.738. The van der Waals surface area contributed by atoms with Gasteiger partial charge in [0, 0.05) is 33.9 Å². The molecule has 1 rings (SSSR count). The van der Waals surface area contributed by atoms with Crippen molar-refractivity contribution < 1.29 is 19.0 Å². The molecule has 5 nitrogen and oxygen atoms in total. The van der Waals surface area contributed by atoms with Crippen LogP contribution < -0.4 is 0 Å². The topological polar surface area (TPSA) is 48.0 Å². The number of hydrogen-bond acceptors (Lipinski definition) is 4. The van der Waals surface area contributed by atoms with Crippen LogP contribution in [0.25, 0.3) is 0 Å². The van der Waals surface area contributed by atoms with Crippen molar-refractivity contribution in [2.45, 2.75) is 19.3 Å². The van der Waals surface area contributed by atoms with Crippen molar-refractivity contribution in [1.82, 2.24) is 4.90 Å². The van der Waals surface area contributed by atoms with E-state index in [0.717, 1.165) is 39.0 Å². The minimum Gasteiger partial charge on any atom is -0.382 e. The van der Waals surface area contributed by atoms with Gasteiger partial charge in [-0.1, -0.05) is 0 Å². The van der Waals surface area contributed by atoms with Crippen molar-refractivity contribution in [3.63, 3.8) is 0 Å². The van der Waals surface area contributed by atoms with Crippen molar-refractivity contribution in [3.05, 3.63) is 0 Å². The van der Waals surface area contributed by atoms with E-state index in [1.54, 1.807) is 12.0 Å². The van der Waals surface area contributed by atoms with Gasteiger partial charge in [0.25, 0.3) is 0 Å². The van der Waals surface area contributed by atoms with Gasteiger partial charge < -0.3 is 19.1 Å². The van der Waals surface area contributed by atoms with Gasteiger partial charge in [-0.25, -0.2) is 0 Å². The number of ether oxygens (including phenoxy) is 3. The van der Waals surface area contributed by atoms with Crippen LogP contribution in [0.4, 0.5) is 0 Å². The second-order valence-corrected chi connectivity index (χ2v) is 4.71. The van der Waals surface area contributed by atoms with Gasteiger partial charge in [-0.2, -0.15) is 0 Å². The number of likely N-dealkylation sites (N-methyl/N-ethyl adjacent to an activating group) is 1. The van der Waals surface area contributed by atoms with Gasteiger partial charge in [-0.15, -0.1) is 0 Å². The second kappa shape index (κ2) is 9.30. The summed E-state index contributed by atoms with van der Waals surface area (Å²) < 4.78 is 15.4. The molecule has 1 fully saturated rings. The van der Waals surface area contributed by atoms with Gasteiger partial charge in [0.2, 0.25) is 5.91 Å². The molecular weight excluding hydrogens is 234 g/mol. The highest BCUT2D eigenvalue weighted by molar-refractivity contribution is 5.77. The summed E-state index contributed by atoms with van der Waals surface area (Å²) in [6, 6.07) is 0. The molecule has 0 radical (unpaired) electrons. The maximum absolute atomic E-state index is 11.7. The Hall–Kier alpha value is -0.650. The van der Waals surface area contributed by atoms with Crippen LogP contribution in [0.5, 0.6) is 0 Å². The molecule has 1 aliphatic rings. The second-order valence-electron chi connectivity index (χ2n) is 4.71. The van der Waals surface area contributed by atoms with E-state index in [1.165, 1.54) is 0 Å². The molecule has 0 saturated carbocycles. The maximum atomic E-state index is 11.7. The first-order valence-electron chi connectivity index (χ1n) is 6.62. The molecule has 5 heteroatoms. The molecule has 0 aromatic carbocycles.